The van der Waals surface area contributed by atoms with Crippen molar-refractivity contribution in [3.05, 3.63) is 29.8 Å². The molecule has 3 rings (SSSR count). The molecule has 1 saturated heterocycles. The van der Waals surface area contributed by atoms with Gasteiger partial charge in [-0.1, -0.05) is 12.1 Å². The van der Waals surface area contributed by atoms with E-state index < -0.39 is 0 Å². The number of nitrogens with one attached hydrogen (secondary N) is 1. The van der Waals surface area contributed by atoms with Crippen molar-refractivity contribution in [1.29, 1.82) is 0 Å². The van der Waals surface area contributed by atoms with Crippen LogP contribution in [-0.2, 0) is 4.74 Å². The number of hydrogen-bond donors (Lipinski definition) is 1. The summed E-state index contributed by atoms with van der Waals surface area (Å²) in [6.07, 6.45) is 6.79. The molecule has 3 heteroatoms. The molecule has 19 heavy (non-hydrogen) atoms. The minimum absolute atomic E-state index is 0.287. The Morgan fingerprint density at radius 3 is 2.53 bits per heavy atom. The fourth-order valence-corrected chi connectivity index (χ4v) is 2.73. The zero-order valence-corrected chi connectivity index (χ0v) is 11.6. The van der Waals surface area contributed by atoms with Gasteiger partial charge in [-0.3, -0.25) is 0 Å². The summed E-state index contributed by atoms with van der Waals surface area (Å²) in [4.78, 5) is 0. The lowest BCUT2D eigenvalue weighted by Crippen LogP contribution is -2.34. The molecule has 0 amide bonds. The second-order valence-electron chi connectivity index (χ2n) is 5.56. The SMILES string of the molecule is CNC(c1ccc(OC2CC2)cc1)C1CCCCO1. The number of ether oxygens (including phenoxy) is 2. The summed E-state index contributed by atoms with van der Waals surface area (Å²) in [5.41, 5.74) is 1.29. The van der Waals surface area contributed by atoms with E-state index in [0.717, 1.165) is 18.8 Å². The molecule has 0 spiro atoms. The van der Waals surface area contributed by atoms with Crippen LogP contribution in [0.3, 0.4) is 0 Å². The highest BCUT2D eigenvalue weighted by Gasteiger charge is 2.26. The van der Waals surface area contributed by atoms with Gasteiger partial charge in [0, 0.05) is 6.61 Å². The molecule has 0 radical (unpaired) electrons. The van der Waals surface area contributed by atoms with Crippen LogP contribution in [0.2, 0.25) is 0 Å². The van der Waals surface area contributed by atoms with Crippen molar-refractivity contribution < 1.29 is 9.47 Å². The molecule has 1 aliphatic heterocycles. The van der Waals surface area contributed by atoms with E-state index in [4.69, 9.17) is 9.47 Å². The normalized spacial score (nSPS) is 25.0. The Bertz CT molecular complexity index is 394. The molecule has 1 aromatic rings. The zero-order chi connectivity index (χ0) is 13.1. The predicted octanol–water partition coefficient (Wildman–Crippen LogP) is 3.06. The van der Waals surface area contributed by atoms with Gasteiger partial charge in [-0.2, -0.15) is 0 Å². The van der Waals surface area contributed by atoms with E-state index in [-0.39, 0.29) is 6.04 Å². The molecule has 3 nitrogen and oxygen atoms in total. The van der Waals surface area contributed by atoms with Crippen molar-refractivity contribution in [1.82, 2.24) is 5.32 Å². The molecule has 2 fully saturated rings. The fraction of sp³-hybridized carbons (Fsp3) is 0.625. The summed E-state index contributed by atoms with van der Waals surface area (Å²) in [5, 5.41) is 3.39. The molecule has 1 aromatic carbocycles. The number of benzene rings is 1. The first-order valence-corrected chi connectivity index (χ1v) is 7.42. The van der Waals surface area contributed by atoms with Crippen molar-refractivity contribution in [2.75, 3.05) is 13.7 Å². The highest BCUT2D eigenvalue weighted by atomic mass is 16.5. The van der Waals surface area contributed by atoms with Crippen LogP contribution in [0.1, 0.15) is 43.7 Å². The monoisotopic (exact) mass is 261 g/mol. The van der Waals surface area contributed by atoms with Crippen LogP contribution in [0.4, 0.5) is 0 Å². The molecule has 2 atom stereocenters. The van der Waals surface area contributed by atoms with E-state index in [1.165, 1.54) is 31.2 Å². The summed E-state index contributed by atoms with van der Waals surface area (Å²) < 4.78 is 11.7. The largest absolute Gasteiger partial charge is 0.490 e. The van der Waals surface area contributed by atoms with Crippen LogP contribution in [0.15, 0.2) is 24.3 Å². The van der Waals surface area contributed by atoms with E-state index >= 15 is 0 Å². The van der Waals surface area contributed by atoms with Crippen molar-refractivity contribution >= 4 is 0 Å². The van der Waals surface area contributed by atoms with Gasteiger partial charge < -0.3 is 14.8 Å². The van der Waals surface area contributed by atoms with Crippen molar-refractivity contribution in [3.8, 4) is 5.75 Å². The van der Waals surface area contributed by atoms with Crippen LogP contribution < -0.4 is 10.1 Å². The Morgan fingerprint density at radius 2 is 1.95 bits per heavy atom. The molecule has 1 saturated carbocycles. The third kappa shape index (κ3) is 3.28. The molecule has 0 aromatic heterocycles. The standard InChI is InChI=1S/C16H23NO2/c1-17-16(15-4-2-3-11-18-15)12-5-7-13(8-6-12)19-14-9-10-14/h5-8,14-17H,2-4,9-11H2,1H3. The summed E-state index contributed by atoms with van der Waals surface area (Å²) in [5.74, 6) is 0.991. The summed E-state index contributed by atoms with van der Waals surface area (Å²) >= 11 is 0. The number of likely N-dealkylation sites (N-methyl/N-ethyl adjacent to an activating group) is 1. The maximum atomic E-state index is 5.90. The molecular weight excluding hydrogens is 238 g/mol. The maximum Gasteiger partial charge on any atom is 0.119 e. The van der Waals surface area contributed by atoms with Crippen molar-refractivity contribution in [3.63, 3.8) is 0 Å². The Labute approximate surface area is 115 Å². The first-order valence-electron chi connectivity index (χ1n) is 7.42. The van der Waals surface area contributed by atoms with E-state index in [1.807, 2.05) is 7.05 Å². The first-order chi connectivity index (χ1) is 9.36. The van der Waals surface area contributed by atoms with Gasteiger partial charge in [0.25, 0.3) is 0 Å². The quantitative estimate of drug-likeness (QED) is 0.883. The topological polar surface area (TPSA) is 30.5 Å². The highest BCUT2D eigenvalue weighted by molar-refractivity contribution is 5.30. The Balaban J connectivity index is 1.67. The van der Waals surface area contributed by atoms with Gasteiger partial charge in [0.2, 0.25) is 0 Å². The maximum absolute atomic E-state index is 5.90. The molecule has 0 bridgehead atoms. The Hall–Kier alpha value is -1.06. The van der Waals surface area contributed by atoms with Crippen LogP contribution in [0.5, 0.6) is 5.75 Å². The lowest BCUT2D eigenvalue weighted by Gasteiger charge is -2.30. The van der Waals surface area contributed by atoms with E-state index in [1.54, 1.807) is 0 Å². The smallest absolute Gasteiger partial charge is 0.119 e. The van der Waals surface area contributed by atoms with Crippen LogP contribution >= 0.6 is 0 Å². The van der Waals surface area contributed by atoms with Gasteiger partial charge in [-0.05, 0) is 56.8 Å². The zero-order valence-electron chi connectivity index (χ0n) is 11.6. The third-order valence-corrected chi connectivity index (χ3v) is 3.96. The Morgan fingerprint density at radius 1 is 1.16 bits per heavy atom. The summed E-state index contributed by atoms with van der Waals surface area (Å²) in [6, 6.07) is 8.78. The lowest BCUT2D eigenvalue weighted by atomic mass is 9.96. The van der Waals surface area contributed by atoms with Crippen molar-refractivity contribution in [2.45, 2.75) is 50.4 Å². The van der Waals surface area contributed by atoms with Gasteiger partial charge in [-0.25, -0.2) is 0 Å². The molecule has 1 N–H and O–H groups in total. The molecule has 2 unspecified atom stereocenters. The average molecular weight is 261 g/mol. The third-order valence-electron chi connectivity index (χ3n) is 3.96. The fourth-order valence-electron chi connectivity index (χ4n) is 2.73. The summed E-state index contributed by atoms with van der Waals surface area (Å²) in [6.45, 7) is 0.895. The van der Waals surface area contributed by atoms with Gasteiger partial charge in [0.05, 0.1) is 18.2 Å². The van der Waals surface area contributed by atoms with Crippen LogP contribution in [-0.4, -0.2) is 25.9 Å². The summed E-state index contributed by atoms with van der Waals surface area (Å²) in [7, 11) is 2.01. The van der Waals surface area contributed by atoms with E-state index in [9.17, 15) is 0 Å². The minimum atomic E-state index is 0.287. The van der Waals surface area contributed by atoms with Crippen molar-refractivity contribution in [2.24, 2.45) is 0 Å². The van der Waals surface area contributed by atoms with E-state index in [0.29, 0.717) is 12.2 Å². The minimum Gasteiger partial charge on any atom is -0.490 e. The molecule has 104 valence electrons. The predicted molar refractivity (Wildman–Crippen MR) is 75.5 cm³/mol. The molecule has 1 heterocycles. The lowest BCUT2D eigenvalue weighted by molar-refractivity contribution is -0.00663. The molecular formula is C16H23NO2. The van der Waals surface area contributed by atoms with Gasteiger partial charge in [-0.15, -0.1) is 0 Å². The van der Waals surface area contributed by atoms with Gasteiger partial charge in [0.15, 0.2) is 0 Å². The second-order valence-corrected chi connectivity index (χ2v) is 5.56. The number of rotatable bonds is 5. The van der Waals surface area contributed by atoms with Gasteiger partial charge >= 0.3 is 0 Å². The van der Waals surface area contributed by atoms with E-state index in [2.05, 4.69) is 29.6 Å². The van der Waals surface area contributed by atoms with Crippen LogP contribution in [0, 0.1) is 0 Å². The van der Waals surface area contributed by atoms with Gasteiger partial charge in [0.1, 0.15) is 5.75 Å². The second kappa shape index (κ2) is 5.93. The molecule has 1 aliphatic carbocycles. The molecule has 2 aliphatic rings. The highest BCUT2D eigenvalue weighted by Crippen LogP contribution is 2.30. The number of hydrogen-bond acceptors (Lipinski definition) is 3. The Kier molecular flexibility index (Phi) is 4.04. The van der Waals surface area contributed by atoms with Crippen LogP contribution in [0.25, 0.3) is 0 Å². The first kappa shape index (κ1) is 12.9. The average Bonchev–Trinajstić information content (AvgIpc) is 3.27.